The van der Waals surface area contributed by atoms with Crippen molar-refractivity contribution in [2.75, 3.05) is 9.80 Å². The average Bonchev–Trinajstić information content (AvgIpc) is 3.54. The second kappa shape index (κ2) is 12.0. The highest BCUT2D eigenvalue weighted by Crippen LogP contribution is 2.45. The van der Waals surface area contributed by atoms with Crippen LogP contribution in [0, 0.1) is 13.8 Å². The molecule has 0 saturated heterocycles. The quantitative estimate of drug-likeness (QED) is 0.177. The van der Waals surface area contributed by atoms with E-state index in [9.17, 15) is 0 Å². The van der Waals surface area contributed by atoms with Gasteiger partial charge >= 0.3 is 0 Å². The Kier molecular flexibility index (Phi) is 7.14. The minimum atomic E-state index is 1.14. The summed E-state index contributed by atoms with van der Waals surface area (Å²) in [6, 6.07) is 61.9. The molecular formula is C46H34N2S. The number of nitrogens with zero attached hydrogens (tertiary/aromatic N) is 2. The van der Waals surface area contributed by atoms with Gasteiger partial charge in [-0.1, -0.05) is 96.1 Å². The first-order valence-corrected chi connectivity index (χ1v) is 17.6. The highest BCUT2D eigenvalue weighted by molar-refractivity contribution is 7.26. The van der Waals surface area contributed by atoms with Crippen molar-refractivity contribution in [1.29, 1.82) is 0 Å². The van der Waals surface area contributed by atoms with E-state index >= 15 is 0 Å². The Morgan fingerprint density at radius 2 is 0.714 bits per heavy atom. The van der Waals surface area contributed by atoms with Gasteiger partial charge in [-0.15, -0.1) is 11.3 Å². The largest absolute Gasteiger partial charge is 0.310 e. The molecule has 8 aromatic carbocycles. The topological polar surface area (TPSA) is 6.48 Å². The van der Waals surface area contributed by atoms with Crippen molar-refractivity contribution in [2.45, 2.75) is 13.8 Å². The van der Waals surface area contributed by atoms with E-state index < -0.39 is 0 Å². The fourth-order valence-corrected chi connectivity index (χ4v) is 8.25. The molecule has 49 heavy (non-hydrogen) atoms. The van der Waals surface area contributed by atoms with Crippen LogP contribution in [0.4, 0.5) is 34.1 Å². The predicted molar refractivity (Wildman–Crippen MR) is 213 cm³/mol. The van der Waals surface area contributed by atoms with Crippen molar-refractivity contribution in [1.82, 2.24) is 0 Å². The summed E-state index contributed by atoms with van der Waals surface area (Å²) in [6.45, 7) is 4.27. The third-order valence-electron chi connectivity index (χ3n) is 9.53. The van der Waals surface area contributed by atoms with Gasteiger partial charge in [0, 0.05) is 54.3 Å². The summed E-state index contributed by atoms with van der Waals surface area (Å²) in [5.41, 5.74) is 9.38. The zero-order valence-corrected chi connectivity index (χ0v) is 28.3. The molecule has 2 nitrogen and oxygen atoms in total. The summed E-state index contributed by atoms with van der Waals surface area (Å²) in [5, 5.41) is 7.71. The van der Waals surface area contributed by atoms with E-state index in [-0.39, 0.29) is 0 Å². The lowest BCUT2D eigenvalue weighted by Crippen LogP contribution is -2.09. The predicted octanol–water partition coefficient (Wildman–Crippen LogP) is 13.9. The Bertz CT molecular complexity index is 2420. The van der Waals surface area contributed by atoms with Gasteiger partial charge in [0.1, 0.15) is 0 Å². The van der Waals surface area contributed by atoms with Crippen LogP contribution in [0.5, 0.6) is 0 Å². The summed E-state index contributed by atoms with van der Waals surface area (Å²) in [4.78, 5) is 4.69. The van der Waals surface area contributed by atoms with Gasteiger partial charge < -0.3 is 9.80 Å². The molecule has 1 heterocycles. The van der Waals surface area contributed by atoms with Crippen molar-refractivity contribution in [3.05, 3.63) is 181 Å². The molecule has 0 bridgehead atoms. The zero-order valence-electron chi connectivity index (χ0n) is 27.5. The Morgan fingerprint density at radius 3 is 1.12 bits per heavy atom. The second-order valence-corrected chi connectivity index (χ2v) is 13.9. The van der Waals surface area contributed by atoms with E-state index in [1.54, 1.807) is 0 Å². The highest BCUT2D eigenvalue weighted by atomic mass is 32.1. The number of aryl methyl sites for hydroxylation is 2. The average molecular weight is 647 g/mol. The Labute approximate surface area is 290 Å². The van der Waals surface area contributed by atoms with Crippen molar-refractivity contribution in [3.8, 4) is 0 Å². The summed E-state index contributed by atoms with van der Waals surface area (Å²) in [6.07, 6.45) is 0. The second-order valence-electron chi connectivity index (χ2n) is 12.8. The summed E-state index contributed by atoms with van der Waals surface area (Å²) in [5.74, 6) is 0. The monoisotopic (exact) mass is 646 g/mol. The molecule has 0 spiro atoms. The number of hydrogen-bond acceptors (Lipinski definition) is 3. The minimum Gasteiger partial charge on any atom is -0.310 e. The molecule has 3 heteroatoms. The van der Waals surface area contributed by atoms with E-state index in [0.29, 0.717) is 0 Å². The van der Waals surface area contributed by atoms with Crippen molar-refractivity contribution < 1.29 is 0 Å². The molecule has 0 saturated carbocycles. The van der Waals surface area contributed by atoms with Crippen LogP contribution in [0.25, 0.3) is 41.7 Å². The molecule has 0 N–H and O–H groups in total. The first-order chi connectivity index (χ1) is 24.1. The third-order valence-corrected chi connectivity index (χ3v) is 10.6. The van der Waals surface area contributed by atoms with E-state index in [2.05, 4.69) is 194 Å². The SMILES string of the molecule is Cc1ccc(N(c2ccccc2)c2ccc3c(ccc4sc5ccc6cc(N(c7ccccc7)c7ccc(C)cc7)ccc6c5c43)c2)cc1. The smallest absolute Gasteiger partial charge is 0.0468 e. The molecule has 0 unspecified atom stereocenters. The van der Waals surface area contributed by atoms with Gasteiger partial charge in [-0.3, -0.25) is 0 Å². The van der Waals surface area contributed by atoms with Crippen molar-refractivity contribution in [3.63, 3.8) is 0 Å². The van der Waals surface area contributed by atoms with Gasteiger partial charge in [0.2, 0.25) is 0 Å². The highest BCUT2D eigenvalue weighted by Gasteiger charge is 2.18. The van der Waals surface area contributed by atoms with Crippen LogP contribution in [-0.4, -0.2) is 0 Å². The van der Waals surface area contributed by atoms with Crippen LogP contribution in [0.3, 0.4) is 0 Å². The molecule has 0 aliphatic rings. The van der Waals surface area contributed by atoms with Gasteiger partial charge in [0.25, 0.3) is 0 Å². The molecule has 0 fully saturated rings. The van der Waals surface area contributed by atoms with Gasteiger partial charge in [0.05, 0.1) is 0 Å². The zero-order chi connectivity index (χ0) is 32.9. The number of hydrogen-bond donors (Lipinski definition) is 0. The number of thiophene rings is 1. The van der Waals surface area contributed by atoms with E-state index in [0.717, 1.165) is 34.1 Å². The lowest BCUT2D eigenvalue weighted by Gasteiger charge is -2.26. The lowest BCUT2D eigenvalue weighted by molar-refractivity contribution is 1.28. The van der Waals surface area contributed by atoms with E-state index in [1.165, 1.54) is 52.8 Å². The lowest BCUT2D eigenvalue weighted by atomic mass is 9.98. The summed E-state index contributed by atoms with van der Waals surface area (Å²) in [7, 11) is 0. The van der Waals surface area contributed by atoms with Crippen LogP contribution in [0.1, 0.15) is 11.1 Å². The standard InChI is InChI=1S/C46H34N2S/c1-31-13-19-37(20-14-31)47(35-9-5-3-6-10-35)39-23-25-41-33(29-39)17-27-43-45(41)46-42-26-24-40(30-34(42)18-28-44(46)49-43)48(36-11-7-4-8-12-36)38-21-15-32(2)16-22-38/h3-30H,1-2H3. The van der Waals surface area contributed by atoms with Crippen LogP contribution in [-0.2, 0) is 0 Å². The van der Waals surface area contributed by atoms with Crippen molar-refractivity contribution >= 4 is 87.2 Å². The first kappa shape index (κ1) is 29.3. The molecule has 1 aromatic heterocycles. The molecule has 0 amide bonds. The number of rotatable bonds is 6. The van der Waals surface area contributed by atoms with Crippen molar-refractivity contribution in [2.24, 2.45) is 0 Å². The summed E-state index contributed by atoms with van der Waals surface area (Å²) < 4.78 is 2.63. The molecule has 0 aliphatic carbocycles. The number of anilines is 6. The number of para-hydroxylation sites is 2. The fraction of sp³-hybridized carbons (Fsp3) is 0.0435. The maximum absolute atomic E-state index is 2.35. The van der Waals surface area contributed by atoms with E-state index in [1.807, 2.05) is 11.3 Å². The van der Waals surface area contributed by atoms with Gasteiger partial charge in [-0.2, -0.15) is 0 Å². The van der Waals surface area contributed by atoms with Crippen LogP contribution >= 0.6 is 11.3 Å². The molecule has 0 aliphatic heterocycles. The Morgan fingerprint density at radius 1 is 0.347 bits per heavy atom. The first-order valence-electron chi connectivity index (χ1n) is 16.8. The fourth-order valence-electron chi connectivity index (χ4n) is 7.11. The molecule has 9 aromatic rings. The van der Waals surface area contributed by atoms with Gasteiger partial charge in [-0.05, 0) is 120 Å². The molecule has 234 valence electrons. The Balaban J connectivity index is 1.21. The van der Waals surface area contributed by atoms with Crippen LogP contribution < -0.4 is 9.80 Å². The van der Waals surface area contributed by atoms with Gasteiger partial charge in [-0.25, -0.2) is 0 Å². The number of benzene rings is 8. The molecular weight excluding hydrogens is 613 g/mol. The van der Waals surface area contributed by atoms with Gasteiger partial charge in [0.15, 0.2) is 0 Å². The molecule has 0 atom stereocenters. The maximum atomic E-state index is 2.35. The summed E-state index contributed by atoms with van der Waals surface area (Å²) >= 11 is 1.88. The van der Waals surface area contributed by atoms with Crippen LogP contribution in [0.15, 0.2) is 170 Å². The number of fused-ring (bicyclic) bond motifs is 7. The normalized spacial score (nSPS) is 11.5. The molecule has 0 radical (unpaired) electrons. The Hall–Kier alpha value is -5.90. The van der Waals surface area contributed by atoms with Crippen LogP contribution in [0.2, 0.25) is 0 Å². The minimum absolute atomic E-state index is 1.14. The third kappa shape index (κ3) is 5.20. The van der Waals surface area contributed by atoms with E-state index in [4.69, 9.17) is 0 Å². The molecule has 9 rings (SSSR count). The maximum Gasteiger partial charge on any atom is 0.0468 e.